The van der Waals surface area contributed by atoms with E-state index in [1.165, 1.54) is 69.8 Å². The zero-order valence-corrected chi connectivity index (χ0v) is 20.2. The first kappa shape index (κ1) is 22.4. The summed E-state index contributed by atoms with van der Waals surface area (Å²) in [6.07, 6.45) is 21.5. The summed E-state index contributed by atoms with van der Waals surface area (Å²) in [4.78, 5) is 0. The van der Waals surface area contributed by atoms with Crippen LogP contribution in [0.25, 0.3) is 0 Å². The predicted octanol–water partition coefficient (Wildman–Crippen LogP) is 8.15. The maximum atomic E-state index is 10.3. The summed E-state index contributed by atoms with van der Waals surface area (Å²) in [5, 5.41) is 10.3. The molecule has 4 aliphatic rings. The summed E-state index contributed by atoms with van der Waals surface area (Å²) in [7, 11) is 0. The minimum atomic E-state index is -0.122. The van der Waals surface area contributed by atoms with Crippen molar-refractivity contribution in [1.29, 1.82) is 0 Å². The second-order valence-electron chi connectivity index (χ2n) is 11.8. The summed E-state index contributed by atoms with van der Waals surface area (Å²) in [6.45, 7) is 9.93. The molecule has 0 aromatic rings. The fourth-order valence-electron chi connectivity index (χ4n) is 7.68. The SMILES string of the molecule is CC(C)CCC[C@@H](C)[C@H]1CC[C@H]2/C(=C/C3=C4C[C@@H](O)CCC4=CCC3)CCC[C@]12C. The van der Waals surface area contributed by atoms with Crippen molar-refractivity contribution in [2.75, 3.05) is 0 Å². The van der Waals surface area contributed by atoms with Gasteiger partial charge in [-0.2, -0.15) is 0 Å². The van der Waals surface area contributed by atoms with Gasteiger partial charge in [0.1, 0.15) is 0 Å². The van der Waals surface area contributed by atoms with Crippen molar-refractivity contribution in [1.82, 2.24) is 0 Å². The lowest BCUT2D eigenvalue weighted by Crippen LogP contribution is -2.36. The number of hydrogen-bond donors (Lipinski definition) is 1. The van der Waals surface area contributed by atoms with Crippen molar-refractivity contribution in [3.05, 3.63) is 34.4 Å². The third-order valence-corrected chi connectivity index (χ3v) is 9.29. The van der Waals surface area contributed by atoms with Crippen molar-refractivity contribution in [2.24, 2.45) is 29.1 Å². The number of hydrogen-bond acceptors (Lipinski definition) is 1. The third kappa shape index (κ3) is 4.52. The summed E-state index contributed by atoms with van der Waals surface area (Å²) >= 11 is 0. The first-order valence-electron chi connectivity index (χ1n) is 13.2. The largest absolute Gasteiger partial charge is 0.393 e. The molecule has 0 amide bonds. The second-order valence-corrected chi connectivity index (χ2v) is 11.8. The second kappa shape index (κ2) is 9.35. The van der Waals surface area contributed by atoms with Gasteiger partial charge in [0.15, 0.2) is 0 Å². The van der Waals surface area contributed by atoms with E-state index in [-0.39, 0.29) is 6.10 Å². The molecule has 1 N–H and O–H groups in total. The molecule has 0 aromatic carbocycles. The van der Waals surface area contributed by atoms with Crippen LogP contribution in [0.2, 0.25) is 0 Å². The van der Waals surface area contributed by atoms with Crippen LogP contribution in [0.15, 0.2) is 34.4 Å². The third-order valence-electron chi connectivity index (χ3n) is 9.29. The summed E-state index contributed by atoms with van der Waals surface area (Å²) in [5.41, 5.74) is 6.94. The van der Waals surface area contributed by atoms with Crippen LogP contribution in [-0.4, -0.2) is 11.2 Å². The summed E-state index contributed by atoms with van der Waals surface area (Å²) in [6, 6.07) is 0. The van der Waals surface area contributed by atoms with Crippen molar-refractivity contribution >= 4 is 0 Å². The Morgan fingerprint density at radius 2 is 1.93 bits per heavy atom. The molecule has 0 unspecified atom stereocenters. The van der Waals surface area contributed by atoms with Crippen LogP contribution in [0.4, 0.5) is 0 Å². The van der Waals surface area contributed by atoms with E-state index in [2.05, 4.69) is 39.8 Å². The zero-order chi connectivity index (χ0) is 21.3. The Balaban J connectivity index is 1.52. The molecule has 1 heteroatoms. The molecule has 1 nitrogen and oxygen atoms in total. The lowest BCUT2D eigenvalue weighted by Gasteiger charge is -2.44. The van der Waals surface area contributed by atoms with Crippen LogP contribution in [0, 0.1) is 29.1 Å². The van der Waals surface area contributed by atoms with Crippen molar-refractivity contribution in [3.63, 3.8) is 0 Å². The molecule has 0 radical (unpaired) electrons. The van der Waals surface area contributed by atoms with E-state index in [1.807, 2.05) is 0 Å². The van der Waals surface area contributed by atoms with Gasteiger partial charge in [-0.05, 0) is 110 Å². The Hall–Kier alpha value is -0.820. The Morgan fingerprint density at radius 1 is 1.10 bits per heavy atom. The van der Waals surface area contributed by atoms with Gasteiger partial charge in [0.2, 0.25) is 0 Å². The van der Waals surface area contributed by atoms with Crippen molar-refractivity contribution in [3.8, 4) is 0 Å². The topological polar surface area (TPSA) is 20.2 Å². The van der Waals surface area contributed by atoms with Gasteiger partial charge in [0.25, 0.3) is 0 Å². The molecule has 3 fully saturated rings. The number of fused-ring (bicyclic) bond motifs is 2. The Labute approximate surface area is 186 Å². The minimum Gasteiger partial charge on any atom is -0.393 e. The van der Waals surface area contributed by atoms with Gasteiger partial charge in [0.05, 0.1) is 6.10 Å². The van der Waals surface area contributed by atoms with Crippen LogP contribution in [-0.2, 0) is 0 Å². The lowest BCUT2D eigenvalue weighted by molar-refractivity contribution is 0.0928. The number of aliphatic hydroxyl groups is 1. The molecule has 0 aliphatic heterocycles. The van der Waals surface area contributed by atoms with Crippen LogP contribution >= 0.6 is 0 Å². The molecule has 30 heavy (non-hydrogen) atoms. The standard InChI is InChI=1S/C29H46O/c1-20(2)8-5-9-21(3)27-15-16-28-24(12-7-17-29(27,28)4)18-23-11-6-10-22-13-14-25(30)19-26(22)23/h10,18,20-21,25,27-28,30H,5-9,11-17,19H2,1-4H3/b24-18+/t21-,25+,27-,28+,29-/m1/s1. The molecular formula is C29H46O. The van der Waals surface area contributed by atoms with Gasteiger partial charge in [-0.25, -0.2) is 0 Å². The average molecular weight is 411 g/mol. The zero-order valence-electron chi connectivity index (χ0n) is 20.2. The first-order chi connectivity index (χ1) is 14.4. The van der Waals surface area contributed by atoms with Gasteiger partial charge < -0.3 is 5.11 Å². The highest BCUT2D eigenvalue weighted by molar-refractivity contribution is 5.46. The van der Waals surface area contributed by atoms with E-state index < -0.39 is 0 Å². The van der Waals surface area contributed by atoms with Gasteiger partial charge in [-0.3, -0.25) is 0 Å². The smallest absolute Gasteiger partial charge is 0.0583 e. The molecule has 0 aromatic heterocycles. The molecule has 0 saturated heterocycles. The molecule has 4 rings (SSSR count). The number of rotatable bonds is 6. The van der Waals surface area contributed by atoms with E-state index in [4.69, 9.17) is 0 Å². The first-order valence-corrected chi connectivity index (χ1v) is 13.2. The van der Waals surface area contributed by atoms with Crippen LogP contribution in [0.3, 0.4) is 0 Å². The quantitative estimate of drug-likeness (QED) is 0.468. The fraction of sp³-hybridized carbons (Fsp3) is 0.793. The highest BCUT2D eigenvalue weighted by Crippen LogP contribution is 2.60. The molecule has 4 aliphatic carbocycles. The van der Waals surface area contributed by atoms with Gasteiger partial charge in [-0.1, -0.05) is 64.7 Å². The Bertz CT molecular complexity index is 708. The van der Waals surface area contributed by atoms with Crippen molar-refractivity contribution in [2.45, 2.75) is 117 Å². The van der Waals surface area contributed by atoms with E-state index in [9.17, 15) is 5.11 Å². The van der Waals surface area contributed by atoms with E-state index in [0.29, 0.717) is 5.41 Å². The summed E-state index contributed by atoms with van der Waals surface area (Å²) in [5.74, 6) is 3.43. The van der Waals surface area contributed by atoms with Gasteiger partial charge in [-0.15, -0.1) is 0 Å². The van der Waals surface area contributed by atoms with Crippen LogP contribution < -0.4 is 0 Å². The monoisotopic (exact) mass is 410 g/mol. The Morgan fingerprint density at radius 3 is 2.73 bits per heavy atom. The molecule has 0 heterocycles. The maximum Gasteiger partial charge on any atom is 0.0583 e. The molecule has 0 bridgehead atoms. The van der Waals surface area contributed by atoms with Gasteiger partial charge >= 0.3 is 0 Å². The number of allylic oxidation sites excluding steroid dienone is 5. The van der Waals surface area contributed by atoms with E-state index in [0.717, 1.165) is 42.9 Å². The Kier molecular flexibility index (Phi) is 6.98. The molecule has 5 atom stereocenters. The highest BCUT2D eigenvalue weighted by Gasteiger charge is 2.50. The normalized spacial score (nSPS) is 36.7. The molecule has 0 spiro atoms. The van der Waals surface area contributed by atoms with E-state index in [1.54, 1.807) is 16.7 Å². The maximum absolute atomic E-state index is 10.3. The van der Waals surface area contributed by atoms with Crippen LogP contribution in [0.1, 0.15) is 111 Å². The highest BCUT2D eigenvalue weighted by atomic mass is 16.3. The average Bonchev–Trinajstić information content (AvgIpc) is 3.06. The van der Waals surface area contributed by atoms with Crippen molar-refractivity contribution < 1.29 is 5.11 Å². The molecular weight excluding hydrogens is 364 g/mol. The van der Waals surface area contributed by atoms with Crippen LogP contribution in [0.5, 0.6) is 0 Å². The predicted molar refractivity (Wildman–Crippen MR) is 128 cm³/mol. The minimum absolute atomic E-state index is 0.122. The summed E-state index contributed by atoms with van der Waals surface area (Å²) < 4.78 is 0. The lowest BCUT2D eigenvalue weighted by atomic mass is 9.60. The van der Waals surface area contributed by atoms with E-state index >= 15 is 0 Å². The molecule has 168 valence electrons. The number of aliphatic hydroxyl groups excluding tert-OH is 1. The molecule has 3 saturated carbocycles. The van der Waals surface area contributed by atoms with Gasteiger partial charge in [0, 0.05) is 0 Å². The fourth-order valence-corrected chi connectivity index (χ4v) is 7.68.